The molecule has 128 valence electrons. The third-order valence-corrected chi connectivity index (χ3v) is 4.92. The molecule has 0 bridgehead atoms. The quantitative estimate of drug-likeness (QED) is 0.704. The van der Waals surface area contributed by atoms with Crippen molar-refractivity contribution < 1.29 is 18.0 Å². The van der Waals surface area contributed by atoms with Gasteiger partial charge in [0.1, 0.15) is 0 Å². The minimum absolute atomic E-state index is 0.0586. The highest BCUT2D eigenvalue weighted by Crippen LogP contribution is 2.14. The average Bonchev–Trinajstić information content (AvgIpc) is 2.50. The number of sulfonamides is 1. The lowest BCUT2D eigenvalue weighted by molar-refractivity contribution is -0.123. The molecule has 2 N–H and O–H groups in total. The van der Waals surface area contributed by atoms with Gasteiger partial charge < -0.3 is 10.6 Å². The van der Waals surface area contributed by atoms with Crippen LogP contribution in [0.25, 0.3) is 0 Å². The summed E-state index contributed by atoms with van der Waals surface area (Å²) in [6, 6.07) is 5.83. The summed E-state index contributed by atoms with van der Waals surface area (Å²) in [5, 5.41) is 5.32. The highest BCUT2D eigenvalue weighted by Gasteiger charge is 2.18. The van der Waals surface area contributed by atoms with E-state index in [1.807, 2.05) is 0 Å². The van der Waals surface area contributed by atoms with E-state index >= 15 is 0 Å². The van der Waals surface area contributed by atoms with Gasteiger partial charge in [-0.05, 0) is 18.2 Å². The SMILES string of the molecule is CC(C)C(=O)NCCNC(=O)c1cccc(S(=O)(=O)N(C)C)c1. The zero-order valence-corrected chi connectivity index (χ0v) is 14.6. The minimum Gasteiger partial charge on any atom is -0.354 e. The summed E-state index contributed by atoms with van der Waals surface area (Å²) < 4.78 is 25.2. The summed E-state index contributed by atoms with van der Waals surface area (Å²) in [4.78, 5) is 23.5. The van der Waals surface area contributed by atoms with Crippen molar-refractivity contribution >= 4 is 21.8 Å². The molecule has 0 saturated heterocycles. The van der Waals surface area contributed by atoms with Crippen LogP contribution in [0.2, 0.25) is 0 Å². The van der Waals surface area contributed by atoms with Crippen molar-refractivity contribution in [3.8, 4) is 0 Å². The summed E-state index contributed by atoms with van der Waals surface area (Å²) in [5.41, 5.74) is 0.253. The molecule has 8 heteroatoms. The predicted molar refractivity (Wildman–Crippen MR) is 87.5 cm³/mol. The lowest BCUT2D eigenvalue weighted by atomic mass is 10.2. The molecule has 0 heterocycles. The number of carbonyl (C=O) groups excluding carboxylic acids is 2. The first-order valence-corrected chi connectivity index (χ1v) is 8.68. The van der Waals surface area contributed by atoms with Gasteiger partial charge in [-0.2, -0.15) is 0 Å². The third-order valence-electron chi connectivity index (χ3n) is 3.11. The van der Waals surface area contributed by atoms with Crippen LogP contribution in [0.4, 0.5) is 0 Å². The van der Waals surface area contributed by atoms with E-state index in [1.165, 1.54) is 38.4 Å². The summed E-state index contributed by atoms with van der Waals surface area (Å²) in [6.07, 6.45) is 0. The maximum absolute atomic E-state index is 12.1. The van der Waals surface area contributed by atoms with E-state index in [2.05, 4.69) is 10.6 Å². The smallest absolute Gasteiger partial charge is 0.251 e. The van der Waals surface area contributed by atoms with Crippen LogP contribution < -0.4 is 10.6 Å². The van der Waals surface area contributed by atoms with Crippen LogP contribution in [-0.4, -0.2) is 51.7 Å². The molecule has 0 spiro atoms. The summed E-state index contributed by atoms with van der Waals surface area (Å²) >= 11 is 0. The monoisotopic (exact) mass is 341 g/mol. The standard InChI is InChI=1S/C15H23N3O4S/c1-11(2)14(19)16-8-9-17-15(20)12-6-5-7-13(10-12)23(21,22)18(3)4/h5-7,10-11H,8-9H2,1-4H3,(H,16,19)(H,17,20). The van der Waals surface area contributed by atoms with Crippen LogP contribution in [0.1, 0.15) is 24.2 Å². The second-order valence-corrected chi connectivity index (χ2v) is 7.67. The fraction of sp³-hybridized carbons (Fsp3) is 0.467. The van der Waals surface area contributed by atoms with Gasteiger partial charge in [0.15, 0.2) is 0 Å². The van der Waals surface area contributed by atoms with Crippen molar-refractivity contribution in [2.24, 2.45) is 5.92 Å². The molecule has 23 heavy (non-hydrogen) atoms. The Labute approximate surface area is 137 Å². The molecule has 1 rings (SSSR count). The van der Waals surface area contributed by atoms with Gasteiger partial charge in [-0.15, -0.1) is 0 Å². The Bertz CT molecular complexity index is 669. The molecule has 1 aromatic carbocycles. The predicted octanol–water partition coefficient (Wildman–Crippen LogP) is 0.439. The van der Waals surface area contributed by atoms with E-state index in [0.717, 1.165) is 4.31 Å². The average molecular weight is 341 g/mol. The van der Waals surface area contributed by atoms with Crippen LogP contribution >= 0.6 is 0 Å². The zero-order valence-electron chi connectivity index (χ0n) is 13.8. The van der Waals surface area contributed by atoms with E-state index in [9.17, 15) is 18.0 Å². The van der Waals surface area contributed by atoms with Crippen LogP contribution in [0.15, 0.2) is 29.2 Å². The Morgan fingerprint density at radius 3 is 2.30 bits per heavy atom. The Morgan fingerprint density at radius 1 is 1.13 bits per heavy atom. The van der Waals surface area contributed by atoms with Gasteiger partial charge in [-0.3, -0.25) is 9.59 Å². The molecule has 0 aliphatic rings. The number of rotatable bonds is 7. The summed E-state index contributed by atoms with van der Waals surface area (Å²) in [6.45, 7) is 4.15. The van der Waals surface area contributed by atoms with E-state index in [4.69, 9.17) is 0 Å². The van der Waals surface area contributed by atoms with Gasteiger partial charge in [-0.1, -0.05) is 19.9 Å². The van der Waals surface area contributed by atoms with E-state index in [1.54, 1.807) is 13.8 Å². The van der Waals surface area contributed by atoms with Gasteiger partial charge in [-0.25, -0.2) is 12.7 Å². The highest BCUT2D eigenvalue weighted by atomic mass is 32.2. The first kappa shape index (κ1) is 19.1. The number of nitrogens with zero attached hydrogens (tertiary/aromatic N) is 1. The molecular formula is C15H23N3O4S. The Kier molecular flexibility index (Phi) is 6.71. The fourth-order valence-electron chi connectivity index (χ4n) is 1.68. The molecule has 2 amide bonds. The van der Waals surface area contributed by atoms with Crippen LogP contribution in [0, 0.1) is 5.92 Å². The number of amides is 2. The molecular weight excluding hydrogens is 318 g/mol. The number of hydrogen-bond acceptors (Lipinski definition) is 4. The molecule has 0 saturated carbocycles. The van der Waals surface area contributed by atoms with Crippen molar-refractivity contribution in [3.05, 3.63) is 29.8 Å². The van der Waals surface area contributed by atoms with Crippen LogP contribution in [0.3, 0.4) is 0 Å². The van der Waals surface area contributed by atoms with Gasteiger partial charge in [0.05, 0.1) is 4.90 Å². The normalized spacial score (nSPS) is 11.6. The fourth-order valence-corrected chi connectivity index (χ4v) is 2.62. The van der Waals surface area contributed by atoms with Gasteiger partial charge in [0.25, 0.3) is 5.91 Å². The second kappa shape index (κ2) is 8.07. The van der Waals surface area contributed by atoms with Crippen LogP contribution in [0.5, 0.6) is 0 Å². The first-order chi connectivity index (χ1) is 10.7. The second-order valence-electron chi connectivity index (χ2n) is 5.52. The molecule has 0 radical (unpaired) electrons. The van der Waals surface area contributed by atoms with Crippen molar-refractivity contribution in [2.75, 3.05) is 27.2 Å². The van der Waals surface area contributed by atoms with Gasteiger partial charge in [0.2, 0.25) is 15.9 Å². The largest absolute Gasteiger partial charge is 0.354 e. The molecule has 0 aliphatic carbocycles. The van der Waals surface area contributed by atoms with E-state index in [-0.39, 0.29) is 34.7 Å². The topological polar surface area (TPSA) is 95.6 Å². The highest BCUT2D eigenvalue weighted by molar-refractivity contribution is 7.89. The molecule has 0 fully saturated rings. The van der Waals surface area contributed by atoms with Gasteiger partial charge >= 0.3 is 0 Å². The number of nitrogens with one attached hydrogen (secondary N) is 2. The zero-order chi connectivity index (χ0) is 17.6. The maximum Gasteiger partial charge on any atom is 0.251 e. The number of hydrogen-bond donors (Lipinski definition) is 2. The molecule has 0 aromatic heterocycles. The summed E-state index contributed by atoms with van der Waals surface area (Å²) in [7, 11) is -0.722. The third kappa shape index (κ3) is 5.33. The van der Waals surface area contributed by atoms with Crippen molar-refractivity contribution in [3.63, 3.8) is 0 Å². The lowest BCUT2D eigenvalue weighted by Crippen LogP contribution is -2.36. The Morgan fingerprint density at radius 2 is 1.74 bits per heavy atom. The van der Waals surface area contributed by atoms with E-state index < -0.39 is 10.0 Å². The first-order valence-electron chi connectivity index (χ1n) is 7.24. The number of carbonyl (C=O) groups is 2. The molecule has 0 unspecified atom stereocenters. The summed E-state index contributed by atoms with van der Waals surface area (Å²) in [5.74, 6) is -0.587. The minimum atomic E-state index is -3.58. The Hall–Kier alpha value is -1.93. The maximum atomic E-state index is 12.1. The number of benzene rings is 1. The molecule has 0 aliphatic heterocycles. The van der Waals surface area contributed by atoms with Crippen LogP contribution in [-0.2, 0) is 14.8 Å². The molecule has 0 atom stereocenters. The van der Waals surface area contributed by atoms with Crippen molar-refractivity contribution in [1.82, 2.24) is 14.9 Å². The van der Waals surface area contributed by atoms with E-state index in [0.29, 0.717) is 6.54 Å². The molecule has 7 nitrogen and oxygen atoms in total. The molecule has 1 aromatic rings. The Balaban J connectivity index is 2.66. The van der Waals surface area contributed by atoms with Crippen molar-refractivity contribution in [2.45, 2.75) is 18.7 Å². The lowest BCUT2D eigenvalue weighted by Gasteiger charge is -2.12. The van der Waals surface area contributed by atoms with Crippen molar-refractivity contribution in [1.29, 1.82) is 0 Å². The van der Waals surface area contributed by atoms with Gasteiger partial charge in [0, 0.05) is 38.7 Å².